The minimum absolute atomic E-state index is 0.278. The van der Waals surface area contributed by atoms with E-state index in [1.807, 2.05) is 0 Å². The molecule has 90 valence electrons. The van der Waals surface area contributed by atoms with E-state index in [0.29, 0.717) is 12.6 Å². The maximum absolute atomic E-state index is 8.81. The first-order valence-electron chi connectivity index (χ1n) is 6.06. The molecule has 1 heterocycles. The van der Waals surface area contributed by atoms with Gasteiger partial charge in [-0.15, -0.1) is 0 Å². The number of nitrogens with one attached hydrogen (secondary N) is 1. The van der Waals surface area contributed by atoms with Crippen LogP contribution < -0.4 is 5.32 Å². The lowest BCUT2D eigenvalue weighted by atomic mass is 9.87. The van der Waals surface area contributed by atoms with Crippen molar-refractivity contribution in [3.8, 4) is 0 Å². The average molecular weight is 215 g/mol. The molecule has 0 aromatic rings. The van der Waals surface area contributed by atoms with E-state index in [4.69, 9.17) is 9.84 Å². The third kappa shape index (κ3) is 5.50. The van der Waals surface area contributed by atoms with Crippen LogP contribution in [0.15, 0.2) is 0 Å². The van der Waals surface area contributed by atoms with Crippen LogP contribution in [-0.2, 0) is 4.74 Å². The highest BCUT2D eigenvalue weighted by Crippen LogP contribution is 2.21. The van der Waals surface area contributed by atoms with Crippen molar-refractivity contribution in [2.24, 2.45) is 5.41 Å². The van der Waals surface area contributed by atoms with Gasteiger partial charge in [0.2, 0.25) is 0 Å². The highest BCUT2D eigenvalue weighted by atomic mass is 16.5. The molecule has 1 aliphatic rings. The van der Waals surface area contributed by atoms with Crippen molar-refractivity contribution in [3.63, 3.8) is 0 Å². The maximum Gasteiger partial charge on any atom is 0.0619 e. The van der Waals surface area contributed by atoms with E-state index in [1.165, 1.54) is 12.8 Å². The number of rotatable bonds is 6. The average Bonchev–Trinajstić information content (AvgIpc) is 2.25. The van der Waals surface area contributed by atoms with Crippen molar-refractivity contribution in [3.05, 3.63) is 0 Å². The largest absolute Gasteiger partial charge is 0.396 e. The van der Waals surface area contributed by atoms with Crippen LogP contribution in [0.1, 0.15) is 39.5 Å². The smallest absolute Gasteiger partial charge is 0.0619 e. The molecule has 1 saturated heterocycles. The predicted molar refractivity (Wildman–Crippen MR) is 61.9 cm³/mol. The summed E-state index contributed by atoms with van der Waals surface area (Å²) in [6.45, 7) is 7.60. The molecule has 0 aromatic carbocycles. The molecule has 0 spiro atoms. The molecule has 15 heavy (non-hydrogen) atoms. The maximum atomic E-state index is 8.81. The molecule has 1 fully saturated rings. The topological polar surface area (TPSA) is 41.5 Å². The zero-order chi connectivity index (χ0) is 11.1. The van der Waals surface area contributed by atoms with E-state index in [2.05, 4.69) is 19.2 Å². The SMILES string of the molecule is CC(C)(CCCO)CNC1CCCOC1. The van der Waals surface area contributed by atoms with Gasteiger partial charge in [0.1, 0.15) is 0 Å². The van der Waals surface area contributed by atoms with Gasteiger partial charge in [0.25, 0.3) is 0 Å². The molecule has 0 radical (unpaired) electrons. The van der Waals surface area contributed by atoms with E-state index in [-0.39, 0.29) is 5.41 Å². The Morgan fingerprint density at radius 3 is 2.87 bits per heavy atom. The minimum atomic E-state index is 0.278. The molecule has 3 nitrogen and oxygen atoms in total. The van der Waals surface area contributed by atoms with Gasteiger partial charge in [0, 0.05) is 25.8 Å². The molecule has 0 saturated carbocycles. The fraction of sp³-hybridized carbons (Fsp3) is 1.00. The molecule has 3 heteroatoms. The standard InChI is InChI=1S/C12H25NO2/c1-12(2,6-4-7-14)10-13-11-5-3-8-15-9-11/h11,13-14H,3-10H2,1-2H3. The fourth-order valence-corrected chi connectivity index (χ4v) is 1.97. The summed E-state index contributed by atoms with van der Waals surface area (Å²) >= 11 is 0. The second-order valence-corrected chi connectivity index (χ2v) is 5.29. The Morgan fingerprint density at radius 2 is 2.27 bits per heavy atom. The van der Waals surface area contributed by atoms with Gasteiger partial charge in [0.05, 0.1) is 6.61 Å². The van der Waals surface area contributed by atoms with Crippen LogP contribution in [0.4, 0.5) is 0 Å². The Kier molecular flexibility index (Phi) is 5.58. The third-order valence-electron chi connectivity index (χ3n) is 3.04. The first-order valence-corrected chi connectivity index (χ1v) is 6.06. The molecule has 2 N–H and O–H groups in total. The Balaban J connectivity index is 2.15. The van der Waals surface area contributed by atoms with Crippen molar-refractivity contribution >= 4 is 0 Å². The minimum Gasteiger partial charge on any atom is -0.396 e. The van der Waals surface area contributed by atoms with Crippen LogP contribution in [0.5, 0.6) is 0 Å². The summed E-state index contributed by atoms with van der Waals surface area (Å²) in [7, 11) is 0. The highest BCUT2D eigenvalue weighted by molar-refractivity contribution is 4.76. The van der Waals surface area contributed by atoms with Crippen molar-refractivity contribution in [2.45, 2.75) is 45.6 Å². The number of aliphatic hydroxyl groups is 1. The quantitative estimate of drug-likeness (QED) is 0.706. The van der Waals surface area contributed by atoms with Crippen LogP contribution in [0.2, 0.25) is 0 Å². The lowest BCUT2D eigenvalue weighted by Gasteiger charge is -2.30. The highest BCUT2D eigenvalue weighted by Gasteiger charge is 2.20. The van der Waals surface area contributed by atoms with E-state index in [1.54, 1.807) is 0 Å². The molecule has 1 unspecified atom stereocenters. The second-order valence-electron chi connectivity index (χ2n) is 5.29. The van der Waals surface area contributed by atoms with E-state index >= 15 is 0 Å². The number of ether oxygens (including phenoxy) is 1. The van der Waals surface area contributed by atoms with Crippen LogP contribution >= 0.6 is 0 Å². The zero-order valence-electron chi connectivity index (χ0n) is 10.1. The molecule has 0 aliphatic carbocycles. The lowest BCUT2D eigenvalue weighted by molar-refractivity contribution is 0.0662. The zero-order valence-corrected chi connectivity index (χ0v) is 10.1. The molecule has 1 atom stereocenters. The fourth-order valence-electron chi connectivity index (χ4n) is 1.97. The lowest BCUT2D eigenvalue weighted by Crippen LogP contribution is -2.41. The molecule has 1 aliphatic heterocycles. The summed E-state index contributed by atoms with van der Waals surface area (Å²) in [5.41, 5.74) is 0.278. The Bertz CT molecular complexity index is 165. The van der Waals surface area contributed by atoms with Crippen LogP contribution in [0.25, 0.3) is 0 Å². The molecule has 0 aromatic heterocycles. The summed E-state index contributed by atoms with van der Waals surface area (Å²) < 4.78 is 5.43. The van der Waals surface area contributed by atoms with Crippen LogP contribution in [-0.4, -0.2) is 37.5 Å². The van der Waals surface area contributed by atoms with Gasteiger partial charge in [-0.3, -0.25) is 0 Å². The van der Waals surface area contributed by atoms with Gasteiger partial charge in [-0.2, -0.15) is 0 Å². The molecule has 0 bridgehead atoms. The van der Waals surface area contributed by atoms with Gasteiger partial charge in [0.15, 0.2) is 0 Å². The first-order chi connectivity index (χ1) is 7.14. The first kappa shape index (κ1) is 12.9. The van der Waals surface area contributed by atoms with Gasteiger partial charge in [-0.05, 0) is 31.1 Å². The number of hydrogen-bond acceptors (Lipinski definition) is 3. The molecule has 0 amide bonds. The van der Waals surface area contributed by atoms with Crippen LogP contribution in [0.3, 0.4) is 0 Å². The van der Waals surface area contributed by atoms with Crippen molar-refractivity contribution in [1.82, 2.24) is 5.32 Å². The Labute approximate surface area is 93.2 Å². The predicted octanol–water partition coefficient (Wildman–Crippen LogP) is 1.55. The van der Waals surface area contributed by atoms with Crippen molar-refractivity contribution in [2.75, 3.05) is 26.4 Å². The Morgan fingerprint density at radius 1 is 1.47 bits per heavy atom. The summed E-state index contributed by atoms with van der Waals surface area (Å²) in [4.78, 5) is 0. The molecule has 1 rings (SSSR count). The van der Waals surface area contributed by atoms with E-state index < -0.39 is 0 Å². The van der Waals surface area contributed by atoms with Gasteiger partial charge in [-0.1, -0.05) is 13.8 Å². The number of aliphatic hydroxyl groups excluding tert-OH is 1. The second kappa shape index (κ2) is 6.46. The monoisotopic (exact) mass is 215 g/mol. The third-order valence-corrected chi connectivity index (χ3v) is 3.04. The Hall–Kier alpha value is -0.120. The molecular formula is C12H25NO2. The van der Waals surface area contributed by atoms with Crippen molar-refractivity contribution in [1.29, 1.82) is 0 Å². The van der Waals surface area contributed by atoms with E-state index in [9.17, 15) is 0 Å². The normalized spacial score (nSPS) is 23.0. The van der Waals surface area contributed by atoms with Gasteiger partial charge >= 0.3 is 0 Å². The summed E-state index contributed by atoms with van der Waals surface area (Å²) in [5.74, 6) is 0. The summed E-state index contributed by atoms with van der Waals surface area (Å²) in [5, 5.41) is 12.4. The van der Waals surface area contributed by atoms with Gasteiger partial charge in [-0.25, -0.2) is 0 Å². The summed E-state index contributed by atoms with van der Waals surface area (Å²) in [6, 6.07) is 0.534. The molecular weight excluding hydrogens is 190 g/mol. The van der Waals surface area contributed by atoms with E-state index in [0.717, 1.165) is 32.6 Å². The van der Waals surface area contributed by atoms with Crippen molar-refractivity contribution < 1.29 is 9.84 Å². The number of hydrogen-bond donors (Lipinski definition) is 2. The van der Waals surface area contributed by atoms with Gasteiger partial charge < -0.3 is 15.2 Å². The summed E-state index contributed by atoms with van der Waals surface area (Å²) in [6.07, 6.45) is 4.38. The van der Waals surface area contributed by atoms with Crippen LogP contribution in [0, 0.1) is 5.41 Å².